The summed E-state index contributed by atoms with van der Waals surface area (Å²) in [5.41, 5.74) is 8.82. The molecule has 1 heterocycles. The minimum absolute atomic E-state index is 0.319. The van der Waals surface area contributed by atoms with E-state index in [1.54, 1.807) is 6.92 Å². The maximum absolute atomic E-state index is 11.8. The van der Waals surface area contributed by atoms with Gasteiger partial charge in [-0.3, -0.25) is 0 Å². The Morgan fingerprint density at radius 3 is 2.82 bits per heavy atom. The van der Waals surface area contributed by atoms with Gasteiger partial charge in [0.25, 0.3) is 0 Å². The van der Waals surface area contributed by atoms with Crippen LogP contribution in [-0.2, 0) is 11.2 Å². The number of ether oxygens (including phenoxy) is 1. The van der Waals surface area contributed by atoms with E-state index in [0.717, 1.165) is 22.9 Å². The van der Waals surface area contributed by atoms with E-state index in [1.165, 1.54) is 0 Å². The van der Waals surface area contributed by atoms with Crippen LogP contribution in [0.25, 0.3) is 10.9 Å². The van der Waals surface area contributed by atoms with Crippen LogP contribution in [-0.4, -0.2) is 17.6 Å². The largest absolute Gasteiger partial charge is 0.461 e. The molecule has 0 atom stereocenters. The summed E-state index contributed by atoms with van der Waals surface area (Å²) in [6.45, 7) is 4.17. The first-order valence-electron chi connectivity index (χ1n) is 5.75. The maximum Gasteiger partial charge on any atom is 0.355 e. The summed E-state index contributed by atoms with van der Waals surface area (Å²) < 4.78 is 5.03. The van der Waals surface area contributed by atoms with Crippen molar-refractivity contribution in [3.8, 4) is 0 Å². The number of benzene rings is 1. The van der Waals surface area contributed by atoms with Gasteiger partial charge in [-0.15, -0.1) is 0 Å². The third kappa shape index (κ3) is 1.86. The maximum atomic E-state index is 11.8. The topological polar surface area (TPSA) is 68.1 Å². The number of fused-ring (bicyclic) bond motifs is 1. The molecule has 1 aromatic carbocycles. The molecular weight excluding hydrogens is 216 g/mol. The van der Waals surface area contributed by atoms with Crippen molar-refractivity contribution >= 4 is 22.6 Å². The lowest BCUT2D eigenvalue weighted by Crippen LogP contribution is -2.07. The Labute approximate surface area is 99.8 Å². The molecule has 0 bridgehead atoms. The molecule has 17 heavy (non-hydrogen) atoms. The van der Waals surface area contributed by atoms with Crippen molar-refractivity contribution in [2.75, 3.05) is 12.3 Å². The molecule has 4 nitrogen and oxygen atoms in total. The number of nitrogen functional groups attached to an aromatic ring is 1. The Balaban J connectivity index is 2.63. The number of aryl methyl sites for hydroxylation is 1. The number of para-hydroxylation sites is 1. The third-order valence-electron chi connectivity index (χ3n) is 2.81. The van der Waals surface area contributed by atoms with Crippen molar-refractivity contribution in [1.82, 2.24) is 4.98 Å². The molecule has 0 saturated carbocycles. The van der Waals surface area contributed by atoms with Gasteiger partial charge in [-0.25, -0.2) is 4.79 Å². The van der Waals surface area contributed by atoms with Crippen molar-refractivity contribution in [3.05, 3.63) is 29.5 Å². The van der Waals surface area contributed by atoms with Gasteiger partial charge in [0, 0.05) is 5.39 Å². The zero-order chi connectivity index (χ0) is 12.4. The second-order valence-corrected chi connectivity index (χ2v) is 3.82. The Bertz CT molecular complexity index is 558. The summed E-state index contributed by atoms with van der Waals surface area (Å²) in [6.07, 6.45) is 0.762. The predicted octanol–water partition coefficient (Wildman–Crippen LogP) is 2.49. The van der Waals surface area contributed by atoms with Crippen LogP contribution in [0.15, 0.2) is 18.2 Å². The molecule has 90 valence electrons. The van der Waals surface area contributed by atoms with Crippen LogP contribution in [0.1, 0.15) is 29.9 Å². The van der Waals surface area contributed by atoms with E-state index in [2.05, 4.69) is 4.98 Å². The summed E-state index contributed by atoms with van der Waals surface area (Å²) in [5.74, 6) is -0.319. The predicted molar refractivity (Wildman–Crippen MR) is 68.0 cm³/mol. The number of carbonyl (C=O) groups excluding carboxylic acids is 1. The Kier molecular flexibility index (Phi) is 3.04. The lowest BCUT2D eigenvalue weighted by molar-refractivity contribution is 0.0519. The van der Waals surface area contributed by atoms with E-state index < -0.39 is 0 Å². The van der Waals surface area contributed by atoms with E-state index in [1.807, 2.05) is 25.1 Å². The van der Waals surface area contributed by atoms with Crippen LogP contribution in [0.4, 0.5) is 5.69 Å². The van der Waals surface area contributed by atoms with Crippen molar-refractivity contribution in [2.45, 2.75) is 20.3 Å². The number of rotatable bonds is 3. The molecule has 1 aromatic heterocycles. The first kappa shape index (κ1) is 11.5. The molecule has 2 rings (SSSR count). The Hall–Kier alpha value is -1.97. The van der Waals surface area contributed by atoms with E-state index >= 15 is 0 Å². The van der Waals surface area contributed by atoms with Gasteiger partial charge in [-0.2, -0.15) is 0 Å². The van der Waals surface area contributed by atoms with Gasteiger partial charge >= 0.3 is 5.97 Å². The van der Waals surface area contributed by atoms with Crippen molar-refractivity contribution in [1.29, 1.82) is 0 Å². The number of H-pyrrole nitrogens is 1. The van der Waals surface area contributed by atoms with Crippen molar-refractivity contribution in [2.24, 2.45) is 0 Å². The summed E-state index contributed by atoms with van der Waals surface area (Å²) in [7, 11) is 0. The molecule has 4 heteroatoms. The molecule has 0 amide bonds. The number of hydrogen-bond acceptors (Lipinski definition) is 3. The first-order chi connectivity index (χ1) is 8.19. The van der Waals surface area contributed by atoms with Crippen LogP contribution in [0, 0.1) is 0 Å². The molecule has 0 aliphatic heterocycles. The fraction of sp³-hybridized carbons (Fsp3) is 0.308. The molecule has 0 saturated heterocycles. The molecule has 0 fully saturated rings. The zero-order valence-electron chi connectivity index (χ0n) is 10.0. The SMILES string of the molecule is CCOC(=O)c1[nH]c2c(N)cccc2c1CC. The van der Waals surface area contributed by atoms with E-state index in [4.69, 9.17) is 10.5 Å². The average Bonchev–Trinajstić information content (AvgIpc) is 2.69. The summed E-state index contributed by atoms with van der Waals surface area (Å²) >= 11 is 0. The Morgan fingerprint density at radius 1 is 1.41 bits per heavy atom. The van der Waals surface area contributed by atoms with Gasteiger partial charge in [-0.1, -0.05) is 19.1 Å². The molecule has 0 radical (unpaired) electrons. The highest BCUT2D eigenvalue weighted by molar-refractivity contribution is 6.01. The normalized spacial score (nSPS) is 10.7. The van der Waals surface area contributed by atoms with Crippen LogP contribution in [0.5, 0.6) is 0 Å². The van der Waals surface area contributed by atoms with Crippen LogP contribution >= 0.6 is 0 Å². The first-order valence-corrected chi connectivity index (χ1v) is 5.75. The monoisotopic (exact) mass is 232 g/mol. The number of carbonyl (C=O) groups is 1. The van der Waals surface area contributed by atoms with Gasteiger partial charge in [0.15, 0.2) is 0 Å². The number of aromatic nitrogens is 1. The molecule has 3 N–H and O–H groups in total. The highest BCUT2D eigenvalue weighted by Crippen LogP contribution is 2.27. The average molecular weight is 232 g/mol. The summed E-state index contributed by atoms with van der Waals surface area (Å²) in [5, 5.41) is 0.996. The van der Waals surface area contributed by atoms with Gasteiger partial charge in [-0.05, 0) is 25.0 Å². The lowest BCUT2D eigenvalue weighted by Gasteiger charge is -2.01. The molecular formula is C13H16N2O2. The summed E-state index contributed by atoms with van der Waals surface area (Å²) in [4.78, 5) is 14.9. The van der Waals surface area contributed by atoms with Crippen LogP contribution in [0.2, 0.25) is 0 Å². The lowest BCUT2D eigenvalue weighted by atomic mass is 10.1. The second-order valence-electron chi connectivity index (χ2n) is 3.82. The van der Waals surface area contributed by atoms with Crippen molar-refractivity contribution < 1.29 is 9.53 Å². The molecule has 2 aromatic rings. The van der Waals surface area contributed by atoms with Crippen molar-refractivity contribution in [3.63, 3.8) is 0 Å². The van der Waals surface area contributed by atoms with Crippen LogP contribution < -0.4 is 5.73 Å². The zero-order valence-corrected chi connectivity index (χ0v) is 10.0. The number of nitrogens with one attached hydrogen (secondary N) is 1. The van der Waals surface area contributed by atoms with Crippen LogP contribution in [0.3, 0.4) is 0 Å². The fourth-order valence-corrected chi connectivity index (χ4v) is 2.04. The number of anilines is 1. The van der Waals surface area contributed by atoms with E-state index in [0.29, 0.717) is 18.0 Å². The number of aromatic amines is 1. The Morgan fingerprint density at radius 2 is 2.18 bits per heavy atom. The smallest absolute Gasteiger partial charge is 0.355 e. The second kappa shape index (κ2) is 4.49. The minimum Gasteiger partial charge on any atom is -0.461 e. The number of esters is 1. The van der Waals surface area contributed by atoms with Gasteiger partial charge < -0.3 is 15.5 Å². The highest BCUT2D eigenvalue weighted by Gasteiger charge is 2.18. The molecule has 0 spiro atoms. The molecule has 0 aliphatic carbocycles. The standard InChI is InChI=1S/C13H16N2O2/c1-3-8-9-6-5-7-10(14)11(9)15-12(8)13(16)17-4-2/h5-7,15H,3-4,14H2,1-2H3. The van der Waals surface area contributed by atoms with Gasteiger partial charge in [0.1, 0.15) is 5.69 Å². The highest BCUT2D eigenvalue weighted by atomic mass is 16.5. The molecule has 0 aliphatic rings. The van der Waals surface area contributed by atoms with Gasteiger partial charge in [0.2, 0.25) is 0 Å². The molecule has 0 unspecified atom stereocenters. The fourth-order valence-electron chi connectivity index (χ4n) is 2.04. The number of nitrogens with two attached hydrogens (primary N) is 1. The minimum atomic E-state index is -0.319. The summed E-state index contributed by atoms with van der Waals surface area (Å²) in [6, 6.07) is 5.66. The van der Waals surface area contributed by atoms with E-state index in [9.17, 15) is 4.79 Å². The quantitative estimate of drug-likeness (QED) is 0.631. The number of hydrogen-bond donors (Lipinski definition) is 2. The third-order valence-corrected chi connectivity index (χ3v) is 2.81. The van der Waals surface area contributed by atoms with Gasteiger partial charge in [0.05, 0.1) is 17.8 Å². The van der Waals surface area contributed by atoms with E-state index in [-0.39, 0.29) is 5.97 Å².